The first-order chi connectivity index (χ1) is 25.2. The molecule has 1 heteroatoms. The molecule has 2 aliphatic rings. The maximum absolute atomic E-state index is 2.47. The highest BCUT2D eigenvalue weighted by atomic mass is 15.1. The third kappa shape index (κ3) is 4.84. The molecule has 0 radical (unpaired) electrons. The third-order valence-corrected chi connectivity index (χ3v) is 10.8. The highest BCUT2D eigenvalue weighted by Gasteiger charge is 2.51. The monoisotopic (exact) mass is 653 g/mol. The van der Waals surface area contributed by atoms with Crippen molar-refractivity contribution in [1.29, 1.82) is 0 Å². The van der Waals surface area contributed by atoms with Gasteiger partial charge < -0.3 is 4.90 Å². The van der Waals surface area contributed by atoms with E-state index in [2.05, 4.69) is 207 Å². The summed E-state index contributed by atoms with van der Waals surface area (Å²) in [5, 5.41) is 0. The fraction of sp³-hybridized carbons (Fsp3) is 0.0800. The average molecular weight is 654 g/mol. The van der Waals surface area contributed by atoms with Gasteiger partial charge in [-0.25, -0.2) is 0 Å². The lowest BCUT2D eigenvalue weighted by atomic mass is 9.70. The van der Waals surface area contributed by atoms with Gasteiger partial charge in [-0.3, -0.25) is 0 Å². The number of hydrogen-bond donors (Lipinski definition) is 0. The maximum atomic E-state index is 2.47. The molecule has 2 aliphatic carbocycles. The van der Waals surface area contributed by atoms with Crippen molar-refractivity contribution in [2.24, 2.45) is 0 Å². The molecule has 0 aromatic heterocycles. The van der Waals surface area contributed by atoms with E-state index in [-0.39, 0.29) is 0 Å². The molecule has 7 aromatic rings. The zero-order valence-corrected chi connectivity index (χ0v) is 29.1. The van der Waals surface area contributed by atoms with Gasteiger partial charge in [0.2, 0.25) is 0 Å². The SMILES string of the molecule is C/C=C(\C=C/CC)c1ccc(N(c2ccc(-c3ccccc3)cc2)c2ccc3c(c2)C2(c4ccccc4-c4ccccc42)c2ccccc2-3)cc1. The van der Waals surface area contributed by atoms with Crippen LogP contribution in [0.5, 0.6) is 0 Å². The van der Waals surface area contributed by atoms with Crippen molar-refractivity contribution >= 4 is 22.6 Å². The number of hydrogen-bond acceptors (Lipinski definition) is 1. The minimum atomic E-state index is -0.395. The van der Waals surface area contributed by atoms with Crippen molar-refractivity contribution in [3.63, 3.8) is 0 Å². The largest absolute Gasteiger partial charge is 0.310 e. The van der Waals surface area contributed by atoms with Crippen molar-refractivity contribution in [2.75, 3.05) is 4.90 Å². The Hall–Kier alpha value is -6.18. The molecule has 0 atom stereocenters. The van der Waals surface area contributed by atoms with Gasteiger partial charge in [0.05, 0.1) is 5.41 Å². The predicted octanol–water partition coefficient (Wildman–Crippen LogP) is 13.5. The van der Waals surface area contributed by atoms with Crippen LogP contribution < -0.4 is 4.90 Å². The fourth-order valence-electron chi connectivity index (χ4n) is 8.51. The summed E-state index contributed by atoms with van der Waals surface area (Å²) in [7, 11) is 0. The van der Waals surface area contributed by atoms with Gasteiger partial charge in [0.15, 0.2) is 0 Å². The van der Waals surface area contributed by atoms with E-state index in [1.165, 1.54) is 66.8 Å². The van der Waals surface area contributed by atoms with E-state index in [0.29, 0.717) is 0 Å². The highest BCUT2D eigenvalue weighted by molar-refractivity contribution is 5.96. The molecule has 9 rings (SSSR count). The molecular weight excluding hydrogens is 615 g/mol. The standard InChI is InChI=1S/C50H39N/c1-3-5-15-35(4-2)37-24-28-39(29-25-37)51(40-30-26-38(27-31-40)36-16-7-6-8-17-36)41-32-33-45-44-20-11-14-23-48(44)50(49(45)34-41)46-21-12-9-18-42(46)43-19-10-13-22-47(43)50/h4-34H,3H2,1-2H3/b15-5-,35-4+. The maximum Gasteiger partial charge on any atom is 0.0726 e. The van der Waals surface area contributed by atoms with Crippen molar-refractivity contribution in [1.82, 2.24) is 0 Å². The number of benzene rings is 7. The fourth-order valence-corrected chi connectivity index (χ4v) is 8.51. The van der Waals surface area contributed by atoms with Crippen LogP contribution in [-0.4, -0.2) is 0 Å². The van der Waals surface area contributed by atoms with Gasteiger partial charge >= 0.3 is 0 Å². The first-order valence-corrected chi connectivity index (χ1v) is 18.0. The number of rotatable bonds is 7. The first kappa shape index (κ1) is 30.8. The Morgan fingerprint density at radius 1 is 0.490 bits per heavy atom. The third-order valence-electron chi connectivity index (χ3n) is 10.8. The number of nitrogens with zero attached hydrogens (tertiary/aromatic N) is 1. The lowest BCUT2D eigenvalue weighted by Gasteiger charge is -2.32. The lowest BCUT2D eigenvalue weighted by molar-refractivity contribution is 0.793. The van der Waals surface area contributed by atoms with Crippen LogP contribution in [0.4, 0.5) is 17.1 Å². The van der Waals surface area contributed by atoms with Gasteiger partial charge in [-0.15, -0.1) is 0 Å². The molecule has 0 saturated carbocycles. The Bertz CT molecular complexity index is 2380. The second kappa shape index (κ2) is 12.6. The lowest BCUT2D eigenvalue weighted by Crippen LogP contribution is -2.26. The second-order valence-electron chi connectivity index (χ2n) is 13.5. The van der Waals surface area contributed by atoms with Crippen LogP contribution in [0.25, 0.3) is 39.0 Å². The molecule has 1 spiro atoms. The highest BCUT2D eigenvalue weighted by Crippen LogP contribution is 2.63. The Labute approximate surface area is 301 Å². The number of allylic oxidation sites excluding steroid dienone is 4. The summed E-state index contributed by atoms with van der Waals surface area (Å²) in [5.41, 5.74) is 18.5. The van der Waals surface area contributed by atoms with E-state index in [1.54, 1.807) is 0 Å². The zero-order chi connectivity index (χ0) is 34.4. The van der Waals surface area contributed by atoms with E-state index in [9.17, 15) is 0 Å². The quantitative estimate of drug-likeness (QED) is 0.155. The van der Waals surface area contributed by atoms with Gasteiger partial charge in [0.25, 0.3) is 0 Å². The minimum Gasteiger partial charge on any atom is -0.310 e. The normalized spacial score (nSPS) is 13.6. The van der Waals surface area contributed by atoms with Crippen LogP contribution in [0.1, 0.15) is 48.1 Å². The second-order valence-corrected chi connectivity index (χ2v) is 13.5. The van der Waals surface area contributed by atoms with Crippen LogP contribution in [0.2, 0.25) is 0 Å². The molecule has 0 amide bonds. The molecule has 0 unspecified atom stereocenters. The van der Waals surface area contributed by atoms with Crippen molar-refractivity contribution in [2.45, 2.75) is 25.7 Å². The minimum absolute atomic E-state index is 0.395. The van der Waals surface area contributed by atoms with Gasteiger partial charge in [-0.1, -0.05) is 159 Å². The molecule has 0 bridgehead atoms. The average Bonchev–Trinajstić information content (AvgIpc) is 3.67. The topological polar surface area (TPSA) is 3.24 Å². The van der Waals surface area contributed by atoms with Crippen molar-refractivity contribution in [3.05, 3.63) is 216 Å². The summed E-state index contributed by atoms with van der Waals surface area (Å²) < 4.78 is 0. The molecule has 51 heavy (non-hydrogen) atoms. The summed E-state index contributed by atoms with van der Waals surface area (Å²) in [5.74, 6) is 0. The van der Waals surface area contributed by atoms with E-state index < -0.39 is 5.41 Å². The Morgan fingerprint density at radius 2 is 0.961 bits per heavy atom. The molecule has 244 valence electrons. The van der Waals surface area contributed by atoms with Crippen LogP contribution in [0.3, 0.4) is 0 Å². The number of anilines is 3. The summed E-state index contributed by atoms with van der Waals surface area (Å²) >= 11 is 0. The molecule has 0 heterocycles. The molecule has 0 saturated heterocycles. The summed E-state index contributed by atoms with van der Waals surface area (Å²) in [6.45, 7) is 4.29. The number of fused-ring (bicyclic) bond motifs is 10. The van der Waals surface area contributed by atoms with Crippen molar-refractivity contribution < 1.29 is 0 Å². The van der Waals surface area contributed by atoms with E-state index in [0.717, 1.165) is 23.5 Å². The zero-order valence-electron chi connectivity index (χ0n) is 29.1. The van der Waals surface area contributed by atoms with Gasteiger partial charge in [-0.2, -0.15) is 0 Å². The summed E-state index contributed by atoms with van der Waals surface area (Å²) in [6, 6.07) is 62.9. The van der Waals surface area contributed by atoms with Crippen LogP contribution in [-0.2, 0) is 5.41 Å². The molecule has 0 fully saturated rings. The molecule has 0 N–H and O–H groups in total. The van der Waals surface area contributed by atoms with E-state index in [1.807, 2.05) is 0 Å². The van der Waals surface area contributed by atoms with E-state index >= 15 is 0 Å². The summed E-state index contributed by atoms with van der Waals surface area (Å²) in [4.78, 5) is 2.42. The van der Waals surface area contributed by atoms with Crippen LogP contribution in [0, 0.1) is 0 Å². The van der Waals surface area contributed by atoms with Gasteiger partial charge in [0.1, 0.15) is 0 Å². The van der Waals surface area contributed by atoms with Crippen LogP contribution >= 0.6 is 0 Å². The van der Waals surface area contributed by atoms with Crippen molar-refractivity contribution in [3.8, 4) is 33.4 Å². The predicted molar refractivity (Wildman–Crippen MR) is 216 cm³/mol. The first-order valence-electron chi connectivity index (χ1n) is 18.0. The molecule has 1 nitrogen and oxygen atoms in total. The Balaban J connectivity index is 1.25. The van der Waals surface area contributed by atoms with Crippen LogP contribution in [0.15, 0.2) is 188 Å². The van der Waals surface area contributed by atoms with Gasteiger partial charge in [0, 0.05) is 17.1 Å². The van der Waals surface area contributed by atoms with E-state index in [4.69, 9.17) is 0 Å². The summed E-state index contributed by atoms with van der Waals surface area (Å²) in [6.07, 6.45) is 7.66. The Morgan fingerprint density at radius 3 is 1.51 bits per heavy atom. The Kier molecular flexibility index (Phi) is 7.63. The molecule has 7 aromatic carbocycles. The van der Waals surface area contributed by atoms with Gasteiger partial charge in [-0.05, 0) is 117 Å². The molecular formula is C50H39N. The smallest absolute Gasteiger partial charge is 0.0726 e. The molecule has 0 aliphatic heterocycles.